The highest BCUT2D eigenvalue weighted by molar-refractivity contribution is 5.54. The molecule has 0 saturated carbocycles. The monoisotopic (exact) mass is 291 g/mol. The average molecular weight is 291 g/mol. The van der Waals surface area contributed by atoms with Gasteiger partial charge in [-0.25, -0.2) is 0 Å². The first-order valence-corrected chi connectivity index (χ1v) is 8.16. The van der Waals surface area contributed by atoms with E-state index in [0.29, 0.717) is 6.04 Å². The molecule has 21 heavy (non-hydrogen) atoms. The second kappa shape index (κ2) is 9.06. The Morgan fingerprint density at radius 2 is 1.81 bits per heavy atom. The van der Waals surface area contributed by atoms with Crippen LogP contribution < -0.4 is 10.2 Å². The zero-order chi connectivity index (χ0) is 15.8. The van der Waals surface area contributed by atoms with E-state index in [0.717, 1.165) is 26.2 Å². The van der Waals surface area contributed by atoms with Crippen molar-refractivity contribution < 1.29 is 0 Å². The van der Waals surface area contributed by atoms with Crippen LogP contribution in [-0.4, -0.2) is 44.7 Å². The fraction of sp³-hybridized carbons (Fsp3) is 0.667. The van der Waals surface area contributed by atoms with Gasteiger partial charge in [-0.15, -0.1) is 0 Å². The van der Waals surface area contributed by atoms with Crippen molar-refractivity contribution in [3.05, 3.63) is 29.3 Å². The SMILES string of the molecule is CCCN(CCN(C)C)c1ccc(CNC(C)C)cc1C. The zero-order valence-corrected chi connectivity index (χ0v) is 14.7. The lowest BCUT2D eigenvalue weighted by molar-refractivity contribution is 0.413. The summed E-state index contributed by atoms with van der Waals surface area (Å²) in [6, 6.07) is 7.40. The Morgan fingerprint density at radius 3 is 2.33 bits per heavy atom. The van der Waals surface area contributed by atoms with Crippen LogP contribution in [0.4, 0.5) is 5.69 Å². The molecule has 120 valence electrons. The molecule has 0 aliphatic carbocycles. The molecular weight excluding hydrogens is 258 g/mol. The Morgan fingerprint density at radius 1 is 1.10 bits per heavy atom. The van der Waals surface area contributed by atoms with Crippen molar-refractivity contribution in [3.8, 4) is 0 Å². The van der Waals surface area contributed by atoms with Gasteiger partial charge in [0.15, 0.2) is 0 Å². The summed E-state index contributed by atoms with van der Waals surface area (Å²) in [5.74, 6) is 0. The Bertz CT molecular complexity index is 413. The van der Waals surface area contributed by atoms with Gasteiger partial charge >= 0.3 is 0 Å². The van der Waals surface area contributed by atoms with Crippen LogP contribution in [0, 0.1) is 6.92 Å². The molecule has 0 aliphatic rings. The van der Waals surface area contributed by atoms with Gasteiger partial charge in [-0.05, 0) is 44.6 Å². The van der Waals surface area contributed by atoms with Gasteiger partial charge in [0.2, 0.25) is 0 Å². The summed E-state index contributed by atoms with van der Waals surface area (Å²) in [7, 11) is 4.27. The molecule has 0 bridgehead atoms. The van der Waals surface area contributed by atoms with Gasteiger partial charge in [0, 0.05) is 37.9 Å². The smallest absolute Gasteiger partial charge is 0.0396 e. The van der Waals surface area contributed by atoms with Crippen LogP contribution in [0.1, 0.15) is 38.3 Å². The maximum absolute atomic E-state index is 3.48. The summed E-state index contributed by atoms with van der Waals surface area (Å²) in [6.07, 6.45) is 1.18. The maximum atomic E-state index is 3.48. The predicted molar refractivity (Wildman–Crippen MR) is 94.2 cm³/mol. The molecule has 1 aromatic rings. The van der Waals surface area contributed by atoms with E-state index in [1.54, 1.807) is 0 Å². The van der Waals surface area contributed by atoms with Crippen LogP contribution in [0.2, 0.25) is 0 Å². The minimum Gasteiger partial charge on any atom is -0.370 e. The number of hydrogen-bond donors (Lipinski definition) is 1. The molecule has 1 N–H and O–H groups in total. The van der Waals surface area contributed by atoms with E-state index in [9.17, 15) is 0 Å². The van der Waals surface area contributed by atoms with Crippen LogP contribution in [0.5, 0.6) is 0 Å². The van der Waals surface area contributed by atoms with Crippen LogP contribution in [0.3, 0.4) is 0 Å². The molecule has 0 amide bonds. The van der Waals surface area contributed by atoms with Crippen molar-refractivity contribution in [1.82, 2.24) is 10.2 Å². The lowest BCUT2D eigenvalue weighted by Crippen LogP contribution is -2.32. The number of rotatable bonds is 9. The first-order chi connectivity index (χ1) is 9.93. The molecule has 3 heteroatoms. The van der Waals surface area contributed by atoms with Gasteiger partial charge in [0.05, 0.1) is 0 Å². The second-order valence-corrected chi connectivity index (χ2v) is 6.45. The highest BCUT2D eigenvalue weighted by Gasteiger charge is 2.09. The third kappa shape index (κ3) is 6.49. The largest absolute Gasteiger partial charge is 0.370 e. The van der Waals surface area contributed by atoms with Crippen LogP contribution in [-0.2, 0) is 6.54 Å². The fourth-order valence-electron chi connectivity index (χ4n) is 2.45. The van der Waals surface area contributed by atoms with Crippen LogP contribution in [0.25, 0.3) is 0 Å². The van der Waals surface area contributed by atoms with Crippen molar-refractivity contribution in [2.75, 3.05) is 38.6 Å². The maximum Gasteiger partial charge on any atom is 0.0396 e. The molecule has 0 heterocycles. The lowest BCUT2D eigenvalue weighted by atomic mass is 10.1. The number of benzene rings is 1. The Kier molecular flexibility index (Phi) is 7.76. The van der Waals surface area contributed by atoms with Crippen molar-refractivity contribution >= 4 is 5.69 Å². The normalized spacial score (nSPS) is 11.4. The molecule has 0 aliphatic heterocycles. The molecule has 3 nitrogen and oxygen atoms in total. The fourth-order valence-corrected chi connectivity index (χ4v) is 2.45. The highest BCUT2D eigenvalue weighted by Crippen LogP contribution is 2.21. The lowest BCUT2D eigenvalue weighted by Gasteiger charge is -2.28. The molecule has 0 atom stereocenters. The van der Waals surface area contributed by atoms with E-state index in [4.69, 9.17) is 0 Å². The summed E-state index contributed by atoms with van der Waals surface area (Å²) in [5.41, 5.74) is 4.13. The number of likely N-dealkylation sites (N-methyl/N-ethyl adjacent to an activating group) is 1. The molecule has 0 unspecified atom stereocenters. The van der Waals surface area contributed by atoms with Crippen molar-refractivity contribution in [2.24, 2.45) is 0 Å². The molecule has 0 saturated heterocycles. The Labute approximate surface area is 131 Å². The molecule has 0 radical (unpaired) electrons. The minimum atomic E-state index is 0.529. The zero-order valence-electron chi connectivity index (χ0n) is 14.7. The first kappa shape index (κ1) is 18.0. The number of hydrogen-bond acceptors (Lipinski definition) is 3. The third-order valence-electron chi connectivity index (χ3n) is 3.63. The van der Waals surface area contributed by atoms with E-state index >= 15 is 0 Å². The van der Waals surface area contributed by atoms with E-state index in [1.165, 1.54) is 23.2 Å². The summed E-state index contributed by atoms with van der Waals surface area (Å²) in [4.78, 5) is 4.76. The van der Waals surface area contributed by atoms with Crippen LogP contribution >= 0.6 is 0 Å². The van der Waals surface area contributed by atoms with Gasteiger partial charge in [-0.1, -0.05) is 32.9 Å². The topological polar surface area (TPSA) is 18.5 Å². The summed E-state index contributed by atoms with van der Waals surface area (Å²) in [5, 5.41) is 3.48. The molecular formula is C18H33N3. The van der Waals surface area contributed by atoms with Crippen LogP contribution in [0.15, 0.2) is 18.2 Å². The molecule has 0 fully saturated rings. The van der Waals surface area contributed by atoms with Crippen molar-refractivity contribution in [2.45, 2.75) is 46.7 Å². The minimum absolute atomic E-state index is 0.529. The summed E-state index contributed by atoms with van der Waals surface area (Å²) < 4.78 is 0. The number of aryl methyl sites for hydroxylation is 1. The second-order valence-electron chi connectivity index (χ2n) is 6.45. The first-order valence-electron chi connectivity index (χ1n) is 8.16. The molecule has 1 aromatic carbocycles. The predicted octanol–water partition coefficient (Wildman–Crippen LogP) is 3.27. The van der Waals surface area contributed by atoms with Gasteiger partial charge < -0.3 is 15.1 Å². The summed E-state index contributed by atoms with van der Waals surface area (Å²) >= 11 is 0. The average Bonchev–Trinajstić information content (AvgIpc) is 2.41. The standard InChI is InChI=1S/C18H33N3/c1-7-10-21(12-11-20(5)6)18-9-8-17(13-16(18)4)14-19-15(2)3/h8-9,13,15,19H,7,10-12,14H2,1-6H3. The van der Waals surface area contributed by atoms with E-state index in [-0.39, 0.29) is 0 Å². The molecule has 0 spiro atoms. The number of anilines is 1. The summed E-state index contributed by atoms with van der Waals surface area (Å²) in [6.45, 7) is 13.1. The van der Waals surface area contributed by atoms with Gasteiger partial charge in [-0.2, -0.15) is 0 Å². The Balaban J connectivity index is 2.78. The number of nitrogens with one attached hydrogen (secondary N) is 1. The Hall–Kier alpha value is -1.06. The van der Waals surface area contributed by atoms with Crippen molar-refractivity contribution in [3.63, 3.8) is 0 Å². The number of nitrogens with zero attached hydrogens (tertiary/aromatic N) is 2. The van der Waals surface area contributed by atoms with Gasteiger partial charge in [-0.3, -0.25) is 0 Å². The van der Waals surface area contributed by atoms with Gasteiger partial charge in [0.25, 0.3) is 0 Å². The van der Waals surface area contributed by atoms with E-state index < -0.39 is 0 Å². The van der Waals surface area contributed by atoms with Gasteiger partial charge in [0.1, 0.15) is 0 Å². The molecule has 1 rings (SSSR count). The third-order valence-corrected chi connectivity index (χ3v) is 3.63. The molecule has 0 aromatic heterocycles. The highest BCUT2D eigenvalue weighted by atomic mass is 15.2. The van der Waals surface area contributed by atoms with E-state index in [1.807, 2.05) is 0 Å². The van der Waals surface area contributed by atoms with E-state index in [2.05, 4.69) is 75.1 Å². The quantitative estimate of drug-likeness (QED) is 0.753. The van der Waals surface area contributed by atoms with Crippen molar-refractivity contribution in [1.29, 1.82) is 0 Å².